The first-order chi connectivity index (χ1) is 17.2. The highest BCUT2D eigenvalue weighted by atomic mass is 32.2. The summed E-state index contributed by atoms with van der Waals surface area (Å²) >= 11 is 6.75. The van der Waals surface area contributed by atoms with Crippen LogP contribution in [0, 0.1) is 5.92 Å². The first-order valence-electron chi connectivity index (χ1n) is 12.3. The van der Waals surface area contributed by atoms with Crippen molar-refractivity contribution >= 4 is 63.0 Å². The highest BCUT2D eigenvalue weighted by molar-refractivity contribution is 8.26. The molecule has 2 fully saturated rings. The van der Waals surface area contributed by atoms with Gasteiger partial charge in [0.05, 0.1) is 28.3 Å². The Labute approximate surface area is 220 Å². The average molecular weight is 529 g/mol. The lowest BCUT2D eigenvalue weighted by Gasteiger charge is -2.36. The van der Waals surface area contributed by atoms with E-state index >= 15 is 0 Å². The number of piperazine rings is 1. The molecule has 0 unspecified atom stereocenters. The molecule has 0 radical (unpaired) electrons. The number of ether oxygens (including phenoxy) is 1. The maximum absolute atomic E-state index is 13.6. The maximum atomic E-state index is 13.6. The third-order valence-electron chi connectivity index (χ3n) is 6.51. The lowest BCUT2D eigenvalue weighted by atomic mass is 10.1. The van der Waals surface area contributed by atoms with Crippen LogP contribution in [0.4, 0.5) is 10.5 Å². The lowest BCUT2D eigenvalue weighted by Crippen LogP contribution is -2.49. The number of anilines is 1. The molecule has 192 valence electrons. The van der Waals surface area contributed by atoms with E-state index in [4.69, 9.17) is 17.0 Å². The molecule has 8 nitrogen and oxygen atoms in total. The Morgan fingerprint density at radius 2 is 1.86 bits per heavy atom. The Kier molecular flexibility index (Phi) is 8.04. The largest absolute Gasteiger partial charge is 0.450 e. The first kappa shape index (κ1) is 26.2. The summed E-state index contributed by atoms with van der Waals surface area (Å²) < 4.78 is 7.30. The van der Waals surface area contributed by atoms with Crippen LogP contribution in [0.1, 0.15) is 32.8 Å². The zero-order chi connectivity index (χ0) is 26.0. The third kappa shape index (κ3) is 5.15. The Morgan fingerprint density at radius 1 is 1.17 bits per heavy atom. The lowest BCUT2D eigenvalue weighted by molar-refractivity contribution is -0.122. The zero-order valence-corrected chi connectivity index (χ0v) is 22.8. The number of thiocarbonyl (C=S) groups is 1. The van der Waals surface area contributed by atoms with Crippen LogP contribution in [0.25, 0.3) is 17.0 Å². The van der Waals surface area contributed by atoms with Gasteiger partial charge in [-0.25, -0.2) is 4.79 Å². The number of nitrogens with zero attached hydrogens (tertiary/aromatic N) is 4. The molecule has 2 aliphatic rings. The molecule has 1 aromatic carbocycles. The molecular weight excluding hydrogens is 496 g/mol. The van der Waals surface area contributed by atoms with Gasteiger partial charge in [-0.3, -0.25) is 14.5 Å². The van der Waals surface area contributed by atoms with Gasteiger partial charge in [0, 0.05) is 45.2 Å². The van der Waals surface area contributed by atoms with Crippen molar-refractivity contribution in [2.45, 2.75) is 27.2 Å². The number of rotatable bonds is 6. The van der Waals surface area contributed by atoms with Crippen molar-refractivity contribution in [3.63, 3.8) is 0 Å². The molecule has 10 heteroatoms. The van der Waals surface area contributed by atoms with E-state index in [2.05, 4.69) is 18.7 Å². The van der Waals surface area contributed by atoms with Gasteiger partial charge in [-0.1, -0.05) is 56.0 Å². The fourth-order valence-corrected chi connectivity index (χ4v) is 5.80. The molecular formula is C26H32N4O4S2. The van der Waals surface area contributed by atoms with E-state index < -0.39 is 0 Å². The van der Waals surface area contributed by atoms with Gasteiger partial charge in [-0.05, 0) is 31.4 Å². The van der Waals surface area contributed by atoms with Gasteiger partial charge in [0.25, 0.3) is 11.5 Å². The quantitative estimate of drug-likeness (QED) is 0.413. The number of carbonyl (C=O) groups excluding carboxylic acids is 2. The normalized spacial score (nSPS) is 17.7. The van der Waals surface area contributed by atoms with E-state index in [0.717, 1.165) is 23.0 Å². The number of fused-ring (bicyclic) bond motifs is 1. The minimum atomic E-state index is -0.323. The molecule has 0 saturated carbocycles. The molecule has 2 saturated heterocycles. The predicted molar refractivity (Wildman–Crippen MR) is 149 cm³/mol. The fraction of sp³-hybridized carbons (Fsp3) is 0.462. The first-order valence-corrected chi connectivity index (χ1v) is 13.5. The maximum Gasteiger partial charge on any atom is 0.409 e. The van der Waals surface area contributed by atoms with E-state index in [0.29, 0.717) is 60.0 Å². The van der Waals surface area contributed by atoms with Gasteiger partial charge < -0.3 is 19.1 Å². The smallest absolute Gasteiger partial charge is 0.409 e. The highest BCUT2D eigenvalue weighted by Crippen LogP contribution is 2.36. The zero-order valence-electron chi connectivity index (χ0n) is 21.2. The highest BCUT2D eigenvalue weighted by Gasteiger charge is 2.33. The van der Waals surface area contributed by atoms with Gasteiger partial charge in [-0.2, -0.15) is 0 Å². The summed E-state index contributed by atoms with van der Waals surface area (Å²) in [6, 6.07) is 7.77. The predicted octanol–water partition coefficient (Wildman–Crippen LogP) is 4.06. The molecule has 1 aromatic heterocycles. The number of aromatic nitrogens is 1. The van der Waals surface area contributed by atoms with Crippen molar-refractivity contribution in [3.05, 3.63) is 45.1 Å². The van der Waals surface area contributed by atoms with Crippen molar-refractivity contribution in [2.75, 3.05) is 44.2 Å². The van der Waals surface area contributed by atoms with Crippen LogP contribution in [0.15, 0.2) is 34.0 Å². The monoisotopic (exact) mass is 528 g/mol. The molecule has 0 bridgehead atoms. The van der Waals surface area contributed by atoms with Gasteiger partial charge in [0.2, 0.25) is 0 Å². The molecule has 4 rings (SSSR count). The van der Waals surface area contributed by atoms with Gasteiger partial charge in [-0.15, -0.1) is 0 Å². The Hall–Kier alpha value is -2.85. The Bertz CT molecular complexity index is 1280. The third-order valence-corrected chi connectivity index (χ3v) is 7.89. The number of carbonyl (C=O) groups is 2. The second kappa shape index (κ2) is 11.0. The summed E-state index contributed by atoms with van der Waals surface area (Å²) in [5.74, 6) is 0.297. The standard InChI is InChI=1S/C26H32N4O4S2/c1-5-34-25(33)29-14-12-28(13-15-29)22-18-8-6-7-9-20(18)27(4)23(31)19(22)16-21-24(32)30(26(35)36-21)11-10-17(2)3/h6-9,16-17H,5,10-15H2,1-4H3. The molecule has 0 N–H and O–H groups in total. The van der Waals surface area contributed by atoms with Crippen LogP contribution in [0.3, 0.4) is 0 Å². The van der Waals surface area contributed by atoms with Crippen molar-refractivity contribution in [3.8, 4) is 0 Å². The molecule has 2 amide bonds. The van der Waals surface area contributed by atoms with Gasteiger partial charge in [0.15, 0.2) is 0 Å². The number of amides is 2. The Morgan fingerprint density at radius 3 is 2.53 bits per heavy atom. The van der Waals surface area contributed by atoms with E-state index in [-0.39, 0.29) is 17.6 Å². The molecule has 2 aliphatic heterocycles. The van der Waals surface area contributed by atoms with E-state index in [1.165, 1.54) is 11.8 Å². The fourth-order valence-electron chi connectivity index (χ4n) is 4.51. The van der Waals surface area contributed by atoms with E-state index in [1.54, 1.807) is 34.4 Å². The van der Waals surface area contributed by atoms with Crippen LogP contribution in [0.2, 0.25) is 0 Å². The van der Waals surface area contributed by atoms with Crippen LogP contribution in [0.5, 0.6) is 0 Å². The number of para-hydroxylation sites is 1. The Balaban J connectivity index is 1.75. The number of thioether (sulfide) groups is 1. The van der Waals surface area contributed by atoms with Gasteiger partial charge in [0.1, 0.15) is 4.32 Å². The molecule has 0 spiro atoms. The van der Waals surface area contributed by atoms with Crippen LogP contribution in [-0.4, -0.2) is 70.0 Å². The number of benzene rings is 1. The number of hydrogen-bond acceptors (Lipinski definition) is 7. The minimum absolute atomic E-state index is 0.154. The summed E-state index contributed by atoms with van der Waals surface area (Å²) in [5.41, 5.74) is 1.88. The molecule has 2 aromatic rings. The topological polar surface area (TPSA) is 75.1 Å². The van der Waals surface area contributed by atoms with Crippen LogP contribution in [-0.2, 0) is 16.6 Å². The minimum Gasteiger partial charge on any atom is -0.450 e. The summed E-state index contributed by atoms with van der Waals surface area (Å²) in [5, 5.41) is 0.922. The van der Waals surface area contributed by atoms with Crippen molar-refractivity contribution in [1.82, 2.24) is 14.4 Å². The SMILES string of the molecule is CCOC(=O)N1CCN(c2c(C=C3SC(=S)N(CCC(C)C)C3=O)c(=O)n(C)c3ccccc23)CC1. The molecule has 3 heterocycles. The summed E-state index contributed by atoms with van der Waals surface area (Å²) in [7, 11) is 1.75. The van der Waals surface area contributed by atoms with Crippen molar-refractivity contribution in [1.29, 1.82) is 0 Å². The molecule has 0 atom stereocenters. The van der Waals surface area contributed by atoms with Crippen molar-refractivity contribution in [2.24, 2.45) is 13.0 Å². The molecule has 36 heavy (non-hydrogen) atoms. The summed E-state index contributed by atoms with van der Waals surface area (Å²) in [4.78, 5) is 45.0. The van der Waals surface area contributed by atoms with E-state index in [1.807, 2.05) is 24.3 Å². The van der Waals surface area contributed by atoms with Crippen LogP contribution < -0.4 is 10.5 Å². The second-order valence-corrected chi connectivity index (χ2v) is 11.0. The van der Waals surface area contributed by atoms with Crippen LogP contribution >= 0.6 is 24.0 Å². The van der Waals surface area contributed by atoms with Crippen molar-refractivity contribution < 1.29 is 14.3 Å². The van der Waals surface area contributed by atoms with Gasteiger partial charge >= 0.3 is 6.09 Å². The molecule has 0 aliphatic carbocycles. The summed E-state index contributed by atoms with van der Waals surface area (Å²) in [6.45, 7) is 8.98. The summed E-state index contributed by atoms with van der Waals surface area (Å²) in [6.07, 6.45) is 2.24. The number of hydrogen-bond donors (Lipinski definition) is 0. The number of pyridine rings is 1. The average Bonchev–Trinajstić information content (AvgIpc) is 3.13. The second-order valence-electron chi connectivity index (χ2n) is 9.33. The number of aryl methyl sites for hydroxylation is 1. The van der Waals surface area contributed by atoms with E-state index in [9.17, 15) is 14.4 Å².